The minimum Gasteiger partial charge on any atom is -0.613 e. The van der Waals surface area contributed by atoms with Gasteiger partial charge < -0.3 is 26.5 Å². The van der Waals surface area contributed by atoms with Crippen LogP contribution in [0, 0.1) is 0 Å². The first kappa shape index (κ1) is 29.1. The van der Waals surface area contributed by atoms with Gasteiger partial charge in [0.25, 0.3) is 0 Å². The molecule has 52 heavy (non-hydrogen) atoms. The van der Waals surface area contributed by atoms with E-state index < -0.39 is 11.6 Å². The number of hydrogen-bond donors (Lipinski definition) is 3. The van der Waals surface area contributed by atoms with Crippen LogP contribution in [0.5, 0.6) is 0 Å². The molecule has 7 aromatic carbocycles. The smallest absolute Gasteiger partial charge is 0.136 e. The number of hydrogen-bond acceptors (Lipinski definition) is 5. The molecule has 2 heterocycles. The second-order valence-electron chi connectivity index (χ2n) is 13.9. The number of benzene rings is 7. The molecule has 5 N–H and O–H groups in total. The summed E-state index contributed by atoms with van der Waals surface area (Å²) < 4.78 is 6.73. The van der Waals surface area contributed by atoms with Gasteiger partial charge in [0.05, 0.1) is 5.41 Å². The van der Waals surface area contributed by atoms with Crippen molar-refractivity contribution in [1.29, 1.82) is 0 Å². The van der Waals surface area contributed by atoms with E-state index in [9.17, 15) is 0 Å². The number of nitrogens with zero attached hydrogens (tertiary/aromatic N) is 2. The third-order valence-electron chi connectivity index (χ3n) is 11.2. The number of nitrogens with two attached hydrogens (primary N) is 2. The van der Waals surface area contributed by atoms with Crippen molar-refractivity contribution in [3.8, 4) is 22.3 Å². The Balaban J connectivity index is 1.14. The average Bonchev–Trinajstić information content (AvgIpc) is 3.81. The first-order chi connectivity index (χ1) is 25.6. The summed E-state index contributed by atoms with van der Waals surface area (Å²) in [5, 5.41) is 10.7. The summed E-state index contributed by atoms with van der Waals surface area (Å²) in [6.07, 6.45) is -0.695. The van der Waals surface area contributed by atoms with Gasteiger partial charge in [0.15, 0.2) is 0 Å². The Kier molecular flexibility index (Phi) is 5.99. The molecular weight excluding hydrogens is 639 g/mol. The van der Waals surface area contributed by atoms with Gasteiger partial charge in [-0.2, -0.15) is 0 Å². The Morgan fingerprint density at radius 2 is 1.25 bits per heavy atom. The normalized spacial score (nSPS) is 17.7. The maximum Gasteiger partial charge on any atom is 0.136 e. The molecule has 6 nitrogen and oxygen atoms in total. The molecule has 0 saturated heterocycles. The standard InChI is InChI=1S/C46H32N5O/c47-28-19-20-31-37(23-28)46(34-17-9-7-15-29(34)30-16-8-10-18-35(30)46)36-21-22-39-42(41(31)36)33-24-38(48)32(25-40(33)52-39)45-50-43(26-11-3-1-4-12-26)49-44(51-45)27-13-5-2-6-14-27/h1-25,43-44H,47-48H2,(H,50,51)/q-1. The Morgan fingerprint density at radius 3 is 1.98 bits per heavy atom. The van der Waals surface area contributed by atoms with Gasteiger partial charge in [-0.05, 0) is 98.3 Å². The van der Waals surface area contributed by atoms with Crippen molar-refractivity contribution in [2.75, 3.05) is 11.5 Å². The first-order valence-electron chi connectivity index (χ1n) is 17.6. The van der Waals surface area contributed by atoms with Crippen LogP contribution < -0.4 is 16.8 Å². The molecule has 2 unspecified atom stereocenters. The van der Waals surface area contributed by atoms with Crippen LogP contribution in [0.1, 0.15) is 51.3 Å². The van der Waals surface area contributed by atoms with Crippen LogP contribution in [0.4, 0.5) is 11.4 Å². The maximum absolute atomic E-state index is 7.03. The first-order valence-corrected chi connectivity index (χ1v) is 17.6. The summed E-state index contributed by atoms with van der Waals surface area (Å²) >= 11 is 0. The van der Waals surface area contributed by atoms with Crippen molar-refractivity contribution in [3.63, 3.8) is 0 Å². The predicted octanol–water partition coefficient (Wildman–Crippen LogP) is 10.2. The number of nitrogen functional groups attached to an aromatic ring is 2. The monoisotopic (exact) mass is 670 g/mol. The van der Waals surface area contributed by atoms with E-state index in [4.69, 9.17) is 26.2 Å². The Labute approximate surface area is 300 Å². The van der Waals surface area contributed by atoms with Gasteiger partial charge in [-0.3, -0.25) is 4.99 Å². The van der Waals surface area contributed by atoms with Crippen molar-refractivity contribution in [1.82, 2.24) is 5.32 Å². The Hall–Kier alpha value is -6.63. The summed E-state index contributed by atoms with van der Waals surface area (Å²) in [6, 6.07) is 52.8. The zero-order valence-electron chi connectivity index (χ0n) is 28.0. The van der Waals surface area contributed by atoms with E-state index in [-0.39, 0.29) is 6.17 Å². The third-order valence-corrected chi connectivity index (χ3v) is 11.2. The van der Waals surface area contributed by atoms with Crippen LogP contribution in [0.25, 0.3) is 49.5 Å². The number of aliphatic imine (C=N–C) groups is 1. The van der Waals surface area contributed by atoms with Crippen molar-refractivity contribution >= 4 is 39.1 Å². The molecule has 11 rings (SSSR count). The fourth-order valence-electron chi connectivity index (χ4n) is 9.02. The molecular formula is C46H32N5O-. The van der Waals surface area contributed by atoms with E-state index in [1.807, 2.05) is 48.5 Å². The Morgan fingerprint density at radius 1 is 0.577 bits per heavy atom. The highest BCUT2D eigenvalue weighted by Crippen LogP contribution is 2.64. The summed E-state index contributed by atoms with van der Waals surface area (Å²) in [5.74, 6) is 0.682. The zero-order valence-corrected chi connectivity index (χ0v) is 28.0. The Bertz CT molecular complexity index is 2740. The van der Waals surface area contributed by atoms with Crippen LogP contribution in [0.15, 0.2) is 161 Å². The van der Waals surface area contributed by atoms with E-state index in [0.717, 1.165) is 55.4 Å². The highest BCUT2D eigenvalue weighted by atomic mass is 16.3. The number of anilines is 2. The highest BCUT2D eigenvalue weighted by molar-refractivity contribution is 6.18. The molecule has 3 aliphatic rings. The van der Waals surface area contributed by atoms with Gasteiger partial charge in [0.2, 0.25) is 0 Å². The van der Waals surface area contributed by atoms with Gasteiger partial charge in [0.1, 0.15) is 17.0 Å². The summed E-state index contributed by atoms with van der Waals surface area (Å²) in [6.45, 7) is 0. The molecule has 0 bridgehead atoms. The molecule has 248 valence electrons. The molecule has 0 saturated carbocycles. The van der Waals surface area contributed by atoms with Crippen LogP contribution in [0.3, 0.4) is 0 Å². The van der Waals surface area contributed by atoms with Crippen molar-refractivity contribution in [2.24, 2.45) is 4.99 Å². The molecule has 0 radical (unpaired) electrons. The minimum atomic E-state index is -0.514. The SMILES string of the molecule is Nc1ccc2c(c1)C1(c3ccccc3-c3ccccc31)c1ccc3oc4cc(C5=NC(c6ccccc6)[N-]C(c6ccccc6)N5)c(N)cc4c3c1-2. The molecule has 8 aromatic rings. The van der Waals surface area contributed by atoms with E-state index in [0.29, 0.717) is 11.5 Å². The molecule has 1 aromatic heterocycles. The summed E-state index contributed by atoms with van der Waals surface area (Å²) in [7, 11) is 0. The molecule has 0 fully saturated rings. The van der Waals surface area contributed by atoms with Crippen molar-refractivity contribution in [3.05, 3.63) is 196 Å². The van der Waals surface area contributed by atoms with Gasteiger partial charge in [0, 0.05) is 27.7 Å². The summed E-state index contributed by atoms with van der Waals surface area (Å²) in [4.78, 5) is 5.11. The number of nitrogens with one attached hydrogen (secondary N) is 1. The predicted molar refractivity (Wildman–Crippen MR) is 210 cm³/mol. The van der Waals surface area contributed by atoms with Gasteiger partial charge >= 0.3 is 0 Å². The number of amidine groups is 1. The van der Waals surface area contributed by atoms with Gasteiger partial charge in [-0.1, -0.05) is 121 Å². The molecule has 2 aliphatic carbocycles. The maximum atomic E-state index is 7.03. The molecule has 1 aliphatic heterocycles. The largest absolute Gasteiger partial charge is 0.613 e. The lowest BCUT2D eigenvalue weighted by molar-refractivity contribution is 0.631. The lowest BCUT2D eigenvalue weighted by atomic mass is 9.70. The van der Waals surface area contributed by atoms with Crippen molar-refractivity contribution in [2.45, 2.75) is 17.7 Å². The second-order valence-corrected chi connectivity index (χ2v) is 13.9. The second kappa shape index (κ2) is 10.7. The van der Waals surface area contributed by atoms with Gasteiger partial charge in [-0.15, -0.1) is 0 Å². The topological polar surface area (TPSA) is 104 Å². The van der Waals surface area contributed by atoms with Crippen LogP contribution in [-0.4, -0.2) is 5.84 Å². The number of rotatable bonds is 3. The number of fused-ring (bicyclic) bond motifs is 14. The van der Waals surface area contributed by atoms with Crippen LogP contribution in [0.2, 0.25) is 0 Å². The third kappa shape index (κ3) is 3.90. The minimum absolute atomic E-state index is 0.301. The van der Waals surface area contributed by atoms with E-state index in [2.05, 4.69) is 108 Å². The fraction of sp³-hybridized carbons (Fsp3) is 0.0652. The highest BCUT2D eigenvalue weighted by Gasteiger charge is 2.52. The van der Waals surface area contributed by atoms with E-state index in [1.54, 1.807) is 0 Å². The van der Waals surface area contributed by atoms with Crippen LogP contribution in [-0.2, 0) is 5.41 Å². The quantitative estimate of drug-likeness (QED) is 0.163. The molecule has 2 atom stereocenters. The molecule has 1 spiro atoms. The zero-order chi connectivity index (χ0) is 34.6. The van der Waals surface area contributed by atoms with Crippen molar-refractivity contribution < 1.29 is 4.42 Å². The number of furan rings is 1. The van der Waals surface area contributed by atoms with E-state index >= 15 is 0 Å². The van der Waals surface area contributed by atoms with Gasteiger partial charge in [-0.25, -0.2) is 0 Å². The molecule has 0 amide bonds. The van der Waals surface area contributed by atoms with Crippen LogP contribution >= 0.6 is 0 Å². The lowest BCUT2D eigenvalue weighted by Gasteiger charge is -2.44. The van der Waals surface area contributed by atoms with E-state index in [1.165, 1.54) is 33.4 Å². The fourth-order valence-corrected chi connectivity index (χ4v) is 9.02. The molecule has 6 heteroatoms. The summed E-state index contributed by atoms with van der Waals surface area (Å²) in [5.41, 5.74) is 28.6. The lowest BCUT2D eigenvalue weighted by Crippen LogP contribution is -2.34. The average molecular weight is 671 g/mol.